The van der Waals surface area contributed by atoms with Gasteiger partial charge in [-0.2, -0.15) is 0 Å². The number of nitrogens with zero attached hydrogens (tertiary/aromatic N) is 1. The zero-order valence-corrected chi connectivity index (χ0v) is 14.1. The van der Waals surface area contributed by atoms with Crippen molar-refractivity contribution in [2.75, 3.05) is 32.1 Å². The van der Waals surface area contributed by atoms with Gasteiger partial charge in [-0.25, -0.2) is 0 Å². The SMILES string of the molecule is CNC(=O)c1ccc(NC[C@@H](C)CC2(C)OCCO2)c([N+](=O)[O-])c1. The van der Waals surface area contributed by atoms with E-state index in [1.165, 1.54) is 13.1 Å². The van der Waals surface area contributed by atoms with Crippen LogP contribution in [-0.2, 0) is 9.47 Å². The maximum atomic E-state index is 11.6. The largest absolute Gasteiger partial charge is 0.379 e. The molecule has 0 spiro atoms. The molecule has 0 unspecified atom stereocenters. The third-order valence-corrected chi connectivity index (χ3v) is 3.94. The lowest BCUT2D eigenvalue weighted by molar-refractivity contribution is -0.384. The highest BCUT2D eigenvalue weighted by molar-refractivity contribution is 5.95. The molecule has 8 heteroatoms. The van der Waals surface area contributed by atoms with Gasteiger partial charge in [0, 0.05) is 31.6 Å². The van der Waals surface area contributed by atoms with Crippen molar-refractivity contribution in [2.45, 2.75) is 26.1 Å². The number of ether oxygens (including phenoxy) is 2. The lowest BCUT2D eigenvalue weighted by atomic mass is 10.0. The standard InChI is InChI=1S/C16H23N3O5/c1-11(9-16(2)23-6-7-24-16)10-18-13-5-4-12(15(20)17-3)8-14(13)19(21)22/h4-5,8,11,18H,6-7,9-10H2,1-3H3,(H,17,20)/t11-/m0/s1. The van der Waals surface area contributed by atoms with E-state index >= 15 is 0 Å². The van der Waals surface area contributed by atoms with Gasteiger partial charge in [-0.15, -0.1) is 0 Å². The molecule has 1 heterocycles. The molecule has 2 rings (SSSR count). The second kappa shape index (κ2) is 7.59. The van der Waals surface area contributed by atoms with Crippen molar-refractivity contribution in [1.82, 2.24) is 5.32 Å². The van der Waals surface area contributed by atoms with E-state index in [0.29, 0.717) is 31.9 Å². The highest BCUT2D eigenvalue weighted by Gasteiger charge is 2.32. The minimum Gasteiger partial charge on any atom is -0.379 e. The number of hydrogen-bond donors (Lipinski definition) is 2. The number of nitro groups is 1. The van der Waals surface area contributed by atoms with Crippen LogP contribution < -0.4 is 10.6 Å². The van der Waals surface area contributed by atoms with Crippen LogP contribution in [0.2, 0.25) is 0 Å². The third kappa shape index (κ3) is 4.42. The minimum atomic E-state index is -0.587. The predicted octanol–water partition coefficient (Wildman–Crippen LogP) is 2.16. The Balaban J connectivity index is 2.03. The topological polar surface area (TPSA) is 103 Å². The Kier molecular flexibility index (Phi) is 5.74. The summed E-state index contributed by atoms with van der Waals surface area (Å²) in [5, 5.41) is 16.8. The van der Waals surface area contributed by atoms with Crippen LogP contribution in [0.25, 0.3) is 0 Å². The maximum Gasteiger partial charge on any atom is 0.293 e. The summed E-state index contributed by atoms with van der Waals surface area (Å²) in [6.45, 7) is 5.62. The summed E-state index contributed by atoms with van der Waals surface area (Å²) >= 11 is 0. The molecular weight excluding hydrogens is 314 g/mol. The predicted molar refractivity (Wildman–Crippen MR) is 89.1 cm³/mol. The molecule has 2 N–H and O–H groups in total. The minimum absolute atomic E-state index is 0.122. The van der Waals surface area contributed by atoms with Gasteiger partial charge in [0.25, 0.3) is 11.6 Å². The molecule has 24 heavy (non-hydrogen) atoms. The third-order valence-electron chi connectivity index (χ3n) is 3.94. The van der Waals surface area contributed by atoms with Crippen LogP contribution in [-0.4, -0.2) is 43.4 Å². The van der Waals surface area contributed by atoms with Gasteiger partial charge >= 0.3 is 0 Å². The normalized spacial score (nSPS) is 17.3. The first-order chi connectivity index (χ1) is 11.3. The van der Waals surface area contributed by atoms with Crippen molar-refractivity contribution in [1.29, 1.82) is 0 Å². The van der Waals surface area contributed by atoms with E-state index in [4.69, 9.17) is 9.47 Å². The Morgan fingerprint density at radius 1 is 1.42 bits per heavy atom. The molecule has 0 radical (unpaired) electrons. The molecule has 1 saturated heterocycles. The number of amides is 1. The number of carbonyl (C=O) groups excluding carboxylic acids is 1. The van der Waals surface area contributed by atoms with Gasteiger partial charge < -0.3 is 20.1 Å². The zero-order chi connectivity index (χ0) is 17.7. The van der Waals surface area contributed by atoms with E-state index in [1.54, 1.807) is 12.1 Å². The Morgan fingerprint density at radius 2 is 2.08 bits per heavy atom. The molecule has 1 aliphatic heterocycles. The van der Waals surface area contributed by atoms with Crippen LogP contribution in [0.1, 0.15) is 30.6 Å². The number of carbonyl (C=O) groups is 1. The van der Waals surface area contributed by atoms with Crippen molar-refractivity contribution >= 4 is 17.3 Å². The highest BCUT2D eigenvalue weighted by atomic mass is 16.7. The Bertz CT molecular complexity index is 614. The summed E-state index contributed by atoms with van der Waals surface area (Å²) in [4.78, 5) is 22.4. The first-order valence-electron chi connectivity index (χ1n) is 7.87. The molecule has 0 bridgehead atoms. The average Bonchev–Trinajstić information content (AvgIpc) is 2.97. The van der Waals surface area contributed by atoms with Gasteiger partial charge in [0.2, 0.25) is 0 Å². The second-order valence-corrected chi connectivity index (χ2v) is 6.09. The van der Waals surface area contributed by atoms with Gasteiger partial charge in [0.15, 0.2) is 5.79 Å². The summed E-state index contributed by atoms with van der Waals surface area (Å²) in [6.07, 6.45) is 0.685. The fourth-order valence-electron chi connectivity index (χ4n) is 2.78. The molecule has 1 amide bonds. The molecule has 1 aliphatic rings. The molecule has 8 nitrogen and oxygen atoms in total. The number of anilines is 1. The van der Waals surface area contributed by atoms with Gasteiger partial charge in [0.1, 0.15) is 5.69 Å². The van der Waals surface area contributed by atoms with Gasteiger partial charge in [0.05, 0.1) is 18.1 Å². The lowest BCUT2D eigenvalue weighted by Crippen LogP contribution is -2.30. The molecule has 1 atom stereocenters. The van der Waals surface area contributed by atoms with Crippen molar-refractivity contribution in [3.63, 3.8) is 0 Å². The van der Waals surface area contributed by atoms with Crippen LogP contribution in [0.15, 0.2) is 18.2 Å². The van der Waals surface area contributed by atoms with E-state index in [-0.39, 0.29) is 23.1 Å². The van der Waals surface area contributed by atoms with Crippen LogP contribution in [0.3, 0.4) is 0 Å². The summed E-state index contributed by atoms with van der Waals surface area (Å²) in [5.74, 6) is -0.761. The molecule has 1 aromatic rings. The van der Waals surface area contributed by atoms with E-state index in [1.807, 2.05) is 13.8 Å². The monoisotopic (exact) mass is 337 g/mol. The Morgan fingerprint density at radius 3 is 2.67 bits per heavy atom. The first kappa shape index (κ1) is 18.2. The molecule has 132 valence electrons. The van der Waals surface area contributed by atoms with Gasteiger partial charge in [-0.05, 0) is 25.0 Å². The summed E-state index contributed by atoms with van der Waals surface area (Å²) in [5.41, 5.74) is 0.517. The van der Waals surface area contributed by atoms with Crippen LogP contribution in [0.5, 0.6) is 0 Å². The fraction of sp³-hybridized carbons (Fsp3) is 0.562. The first-order valence-corrected chi connectivity index (χ1v) is 7.87. The molecule has 0 aliphatic carbocycles. The zero-order valence-electron chi connectivity index (χ0n) is 14.1. The highest BCUT2D eigenvalue weighted by Crippen LogP contribution is 2.29. The molecule has 0 aromatic heterocycles. The lowest BCUT2D eigenvalue weighted by Gasteiger charge is -2.26. The van der Waals surface area contributed by atoms with Crippen molar-refractivity contribution in [3.05, 3.63) is 33.9 Å². The quantitative estimate of drug-likeness (QED) is 0.584. The van der Waals surface area contributed by atoms with Crippen LogP contribution in [0.4, 0.5) is 11.4 Å². The molecular formula is C16H23N3O5. The number of benzene rings is 1. The summed E-state index contributed by atoms with van der Waals surface area (Å²) in [6, 6.07) is 4.39. The number of nitro benzene ring substituents is 1. The maximum absolute atomic E-state index is 11.6. The van der Waals surface area contributed by atoms with Crippen molar-refractivity contribution in [2.24, 2.45) is 5.92 Å². The molecule has 1 fully saturated rings. The smallest absolute Gasteiger partial charge is 0.293 e. The Labute approximate surface area is 140 Å². The Hall–Kier alpha value is -2.19. The second-order valence-electron chi connectivity index (χ2n) is 6.09. The average molecular weight is 337 g/mol. The number of rotatable bonds is 7. The van der Waals surface area contributed by atoms with E-state index in [2.05, 4.69) is 10.6 Å². The van der Waals surface area contributed by atoms with Crippen LogP contribution >= 0.6 is 0 Å². The molecule has 0 saturated carbocycles. The van der Waals surface area contributed by atoms with E-state index in [0.717, 1.165) is 0 Å². The van der Waals surface area contributed by atoms with Gasteiger partial charge in [-0.1, -0.05) is 6.92 Å². The van der Waals surface area contributed by atoms with Gasteiger partial charge in [-0.3, -0.25) is 14.9 Å². The number of nitrogens with one attached hydrogen (secondary N) is 2. The van der Waals surface area contributed by atoms with E-state index in [9.17, 15) is 14.9 Å². The van der Waals surface area contributed by atoms with Crippen molar-refractivity contribution in [3.8, 4) is 0 Å². The van der Waals surface area contributed by atoms with Crippen LogP contribution in [0, 0.1) is 16.0 Å². The number of hydrogen-bond acceptors (Lipinski definition) is 6. The van der Waals surface area contributed by atoms with Crippen molar-refractivity contribution < 1.29 is 19.2 Å². The van der Waals surface area contributed by atoms with E-state index < -0.39 is 10.7 Å². The summed E-state index contributed by atoms with van der Waals surface area (Å²) < 4.78 is 11.2. The molecule has 1 aromatic carbocycles. The fourth-order valence-corrected chi connectivity index (χ4v) is 2.78. The summed E-state index contributed by atoms with van der Waals surface area (Å²) in [7, 11) is 1.48.